The molecular formula is C38H47N9O8. The highest BCUT2D eigenvalue weighted by molar-refractivity contribution is 6.02. The fourth-order valence-electron chi connectivity index (χ4n) is 5.90. The zero-order chi connectivity index (χ0) is 39.4. The molecule has 55 heavy (non-hydrogen) atoms. The number of aromatic nitrogens is 6. The monoisotopic (exact) mass is 757 g/mol. The van der Waals surface area contributed by atoms with Gasteiger partial charge in [0.2, 0.25) is 11.6 Å². The number of aromatic amines is 1. The Morgan fingerprint density at radius 1 is 0.964 bits per heavy atom. The number of unbranched alkanes of at least 4 members (excludes halogenated alkanes) is 2. The summed E-state index contributed by atoms with van der Waals surface area (Å²) in [6, 6.07) is 21.3. The van der Waals surface area contributed by atoms with Crippen LogP contribution in [0.4, 0.5) is 4.79 Å². The Balaban J connectivity index is 1.16. The van der Waals surface area contributed by atoms with E-state index in [1.165, 1.54) is 11.9 Å². The highest BCUT2D eigenvalue weighted by Crippen LogP contribution is 2.31. The van der Waals surface area contributed by atoms with Crippen molar-refractivity contribution in [1.82, 2.24) is 35.2 Å². The quantitative estimate of drug-likeness (QED) is 0.0238. The van der Waals surface area contributed by atoms with Gasteiger partial charge >= 0.3 is 12.1 Å². The maximum Gasteiger partial charge on any atom is 0.511 e. The van der Waals surface area contributed by atoms with E-state index in [-0.39, 0.29) is 24.3 Å². The van der Waals surface area contributed by atoms with Crippen molar-refractivity contribution in [3.05, 3.63) is 83.1 Å². The van der Waals surface area contributed by atoms with E-state index < -0.39 is 18.4 Å². The molecule has 0 spiro atoms. The van der Waals surface area contributed by atoms with Gasteiger partial charge in [-0.25, -0.2) is 14.7 Å². The standard InChI is InChI=1S/C38H47N9O8/c1-7-46(38(4,5)6)47(50)44-53-24-13-9-12-23-52-37(49)55-26(3)54-35(48)31-17-14-18-32-33(31)45(36(39-32)51-8-2)25-27-19-21-28(22-20-27)29-15-10-11-16-30(29)34-40-42-43-41-34/h10-11,14-22,26H,7-9,12-13,23-25H2,1-6H3,(H,40,41,42,43)/b47-44-. The molecule has 0 saturated carbocycles. The van der Waals surface area contributed by atoms with Crippen molar-refractivity contribution in [3.63, 3.8) is 0 Å². The van der Waals surface area contributed by atoms with E-state index >= 15 is 0 Å². The van der Waals surface area contributed by atoms with Gasteiger partial charge in [-0.15, -0.1) is 10.1 Å². The summed E-state index contributed by atoms with van der Waals surface area (Å²) in [5, 5.41) is 31.6. The normalized spacial score (nSPS) is 12.3. The fraction of sp³-hybridized carbons (Fsp3) is 0.421. The summed E-state index contributed by atoms with van der Waals surface area (Å²) in [6.45, 7) is 12.4. The highest BCUT2D eigenvalue weighted by atomic mass is 16.8. The first-order valence-electron chi connectivity index (χ1n) is 18.2. The Hall–Kier alpha value is -6.26. The van der Waals surface area contributed by atoms with Gasteiger partial charge in [0.05, 0.1) is 53.4 Å². The number of benzene rings is 3. The van der Waals surface area contributed by atoms with Crippen molar-refractivity contribution in [2.75, 3.05) is 26.4 Å². The molecule has 3 aromatic carbocycles. The zero-order valence-electron chi connectivity index (χ0n) is 31.9. The fourth-order valence-corrected chi connectivity index (χ4v) is 5.90. The minimum Gasteiger partial charge on any atom is -0.569 e. The molecule has 0 aliphatic heterocycles. The minimum atomic E-state index is -1.23. The van der Waals surface area contributed by atoms with Crippen LogP contribution in [0, 0.1) is 5.21 Å². The van der Waals surface area contributed by atoms with Gasteiger partial charge in [0, 0.05) is 12.5 Å². The van der Waals surface area contributed by atoms with E-state index in [9.17, 15) is 14.8 Å². The summed E-state index contributed by atoms with van der Waals surface area (Å²) in [5.74, 6) is -0.145. The second-order valence-electron chi connectivity index (χ2n) is 13.4. The van der Waals surface area contributed by atoms with Crippen LogP contribution in [0.3, 0.4) is 0 Å². The van der Waals surface area contributed by atoms with Gasteiger partial charge in [-0.2, -0.15) is 4.98 Å². The third-order valence-electron chi connectivity index (χ3n) is 8.40. The number of esters is 1. The number of hydrogen-bond donors (Lipinski definition) is 1. The van der Waals surface area contributed by atoms with E-state index in [0.717, 1.165) is 22.3 Å². The first kappa shape index (κ1) is 39.9. The van der Waals surface area contributed by atoms with Crippen molar-refractivity contribution in [2.24, 2.45) is 5.28 Å². The predicted octanol–water partition coefficient (Wildman–Crippen LogP) is 7.09. The molecule has 0 saturated heterocycles. The smallest absolute Gasteiger partial charge is 0.511 e. The molecule has 17 heteroatoms. The van der Waals surface area contributed by atoms with Gasteiger partial charge < -0.3 is 29.0 Å². The second-order valence-corrected chi connectivity index (χ2v) is 13.4. The van der Waals surface area contributed by atoms with E-state index in [1.54, 1.807) is 18.2 Å². The van der Waals surface area contributed by atoms with Crippen LogP contribution in [0.15, 0.2) is 72.0 Å². The number of ether oxygens (including phenoxy) is 4. The Morgan fingerprint density at radius 2 is 1.71 bits per heavy atom. The van der Waals surface area contributed by atoms with Crippen LogP contribution in [0.2, 0.25) is 0 Å². The number of carbonyl (C=O) groups excluding carboxylic acids is 2. The maximum absolute atomic E-state index is 13.5. The van der Waals surface area contributed by atoms with Gasteiger partial charge in [-0.1, -0.05) is 54.6 Å². The Kier molecular flexibility index (Phi) is 13.6. The second kappa shape index (κ2) is 18.7. The van der Waals surface area contributed by atoms with E-state index in [1.807, 2.05) is 87.7 Å². The molecule has 2 heterocycles. The Labute approximate surface area is 318 Å². The van der Waals surface area contributed by atoms with Crippen molar-refractivity contribution in [2.45, 2.75) is 79.2 Å². The molecule has 0 amide bonds. The van der Waals surface area contributed by atoms with Crippen LogP contribution in [0.1, 0.15) is 76.7 Å². The first-order chi connectivity index (χ1) is 26.5. The molecule has 0 fully saturated rings. The van der Waals surface area contributed by atoms with Crippen molar-refractivity contribution in [1.29, 1.82) is 0 Å². The largest absolute Gasteiger partial charge is 0.569 e. The number of para-hydroxylation sites is 1. The molecule has 5 rings (SSSR count). The molecule has 0 radical (unpaired) electrons. The lowest BCUT2D eigenvalue weighted by atomic mass is 9.98. The summed E-state index contributed by atoms with van der Waals surface area (Å²) in [6.07, 6.45) is -0.421. The van der Waals surface area contributed by atoms with E-state index in [2.05, 4.69) is 30.9 Å². The lowest BCUT2D eigenvalue weighted by Crippen LogP contribution is -2.45. The number of fused-ring (bicyclic) bond motifs is 1. The van der Waals surface area contributed by atoms with Crippen molar-refractivity contribution < 1.29 is 38.3 Å². The molecule has 2 aromatic heterocycles. The number of carbonyl (C=O) groups is 2. The molecule has 292 valence electrons. The van der Waals surface area contributed by atoms with Crippen LogP contribution in [0.25, 0.3) is 33.5 Å². The van der Waals surface area contributed by atoms with Crippen LogP contribution in [-0.4, -0.2) is 90.5 Å². The van der Waals surface area contributed by atoms with Crippen molar-refractivity contribution >= 4 is 23.2 Å². The van der Waals surface area contributed by atoms with E-state index in [0.29, 0.717) is 66.8 Å². The molecule has 5 aromatic rings. The number of rotatable bonds is 18. The molecule has 1 N–H and O–H groups in total. The predicted molar refractivity (Wildman–Crippen MR) is 200 cm³/mol. The number of hydrogen-bond acceptors (Lipinski definition) is 13. The maximum atomic E-state index is 13.5. The Bertz CT molecular complexity index is 2040. The summed E-state index contributed by atoms with van der Waals surface area (Å²) in [4.78, 5) is 36.1. The number of imidazole rings is 1. The lowest BCUT2D eigenvalue weighted by molar-refractivity contribution is -0.724. The first-order valence-corrected chi connectivity index (χ1v) is 18.2. The molecule has 0 bridgehead atoms. The van der Waals surface area contributed by atoms with E-state index in [4.69, 9.17) is 23.8 Å². The van der Waals surface area contributed by atoms with Crippen LogP contribution in [0.5, 0.6) is 6.01 Å². The molecule has 1 unspecified atom stereocenters. The molecule has 0 aliphatic rings. The van der Waals surface area contributed by atoms with Gasteiger partial charge in [0.1, 0.15) is 6.61 Å². The summed E-state index contributed by atoms with van der Waals surface area (Å²) in [5.41, 5.74) is 4.61. The highest BCUT2D eigenvalue weighted by Gasteiger charge is 2.27. The summed E-state index contributed by atoms with van der Waals surface area (Å²) >= 11 is 0. The van der Waals surface area contributed by atoms with Gasteiger partial charge in [0.25, 0.3) is 6.01 Å². The topological polar surface area (TPSA) is 194 Å². The number of hydrazine groups is 1. The van der Waals surface area contributed by atoms with Gasteiger partial charge in [0.15, 0.2) is 5.82 Å². The summed E-state index contributed by atoms with van der Waals surface area (Å²) < 4.78 is 23.6. The van der Waals surface area contributed by atoms with Crippen LogP contribution in [-0.2, 0) is 25.6 Å². The molecular weight excluding hydrogens is 710 g/mol. The SMILES string of the molecule is CCOc1nc2cccc(C(=O)OC(C)OC(=O)OCCCCCO/N=[N+](\[O-])N(CC)C(C)(C)C)c2n1Cc1ccc(-c2ccccc2-c2nnn[nH]2)cc1. The number of H-pyrrole nitrogens is 1. The average Bonchev–Trinajstić information content (AvgIpc) is 3.81. The number of nitrogens with one attached hydrogen (secondary N) is 1. The minimum absolute atomic E-state index is 0.0864. The average molecular weight is 758 g/mol. The Morgan fingerprint density at radius 3 is 2.40 bits per heavy atom. The van der Waals surface area contributed by atoms with Gasteiger partial charge in [-0.3, -0.25) is 4.57 Å². The third kappa shape index (κ3) is 10.5. The van der Waals surface area contributed by atoms with Crippen LogP contribution < -0.4 is 4.74 Å². The summed E-state index contributed by atoms with van der Waals surface area (Å²) in [7, 11) is 0. The zero-order valence-corrected chi connectivity index (χ0v) is 31.9. The number of tetrazole rings is 1. The molecule has 17 nitrogen and oxygen atoms in total. The number of nitrogens with zero attached hydrogens (tertiary/aromatic N) is 8. The third-order valence-corrected chi connectivity index (χ3v) is 8.40. The van der Waals surface area contributed by atoms with Crippen molar-refractivity contribution in [3.8, 4) is 28.5 Å². The molecule has 1 atom stereocenters. The molecule has 0 aliphatic carbocycles. The van der Waals surface area contributed by atoms with Gasteiger partial charge in [-0.05, 0) is 93.1 Å². The lowest BCUT2D eigenvalue weighted by Gasteiger charge is -2.29. The van der Waals surface area contributed by atoms with Crippen LogP contribution >= 0.6 is 0 Å².